The summed E-state index contributed by atoms with van der Waals surface area (Å²) < 4.78 is 27.4. The van der Waals surface area contributed by atoms with Crippen LogP contribution < -0.4 is 10.0 Å². The van der Waals surface area contributed by atoms with Gasteiger partial charge in [-0.1, -0.05) is 29.3 Å². The maximum atomic E-state index is 12.4. The molecule has 1 amide bonds. The number of hydrogen-bond acceptors (Lipinski definition) is 3. The van der Waals surface area contributed by atoms with Crippen molar-refractivity contribution in [1.82, 2.24) is 0 Å². The summed E-state index contributed by atoms with van der Waals surface area (Å²) in [7, 11) is -3.73. The van der Waals surface area contributed by atoms with E-state index in [1.165, 1.54) is 12.1 Å². The van der Waals surface area contributed by atoms with Crippen LogP contribution in [0.15, 0.2) is 77.7 Å². The summed E-state index contributed by atoms with van der Waals surface area (Å²) in [6, 6.07) is 19.5. The zero-order valence-electron chi connectivity index (χ0n) is 14.4. The molecule has 5 nitrogen and oxygen atoms in total. The van der Waals surface area contributed by atoms with E-state index in [0.29, 0.717) is 22.0 Å². The fourth-order valence-electron chi connectivity index (χ4n) is 2.36. The van der Waals surface area contributed by atoms with Crippen molar-refractivity contribution in [2.75, 3.05) is 10.0 Å². The molecule has 0 saturated heterocycles. The van der Waals surface area contributed by atoms with E-state index in [1.807, 2.05) is 19.1 Å². The number of carbonyl (C=O) groups is 1. The van der Waals surface area contributed by atoms with Crippen LogP contribution in [0.5, 0.6) is 0 Å². The molecule has 0 saturated carbocycles. The minimum atomic E-state index is -3.73. The highest BCUT2D eigenvalue weighted by atomic mass is 35.5. The van der Waals surface area contributed by atoms with Gasteiger partial charge in [0.2, 0.25) is 0 Å². The first-order valence-corrected chi connectivity index (χ1v) is 9.96. The van der Waals surface area contributed by atoms with Crippen LogP contribution in [0.3, 0.4) is 0 Å². The molecule has 0 aliphatic heterocycles. The minimum Gasteiger partial charge on any atom is -0.322 e. The van der Waals surface area contributed by atoms with Gasteiger partial charge in [-0.25, -0.2) is 8.42 Å². The van der Waals surface area contributed by atoms with Crippen LogP contribution in [0.4, 0.5) is 11.4 Å². The quantitative estimate of drug-likeness (QED) is 0.651. The molecule has 0 atom stereocenters. The average molecular weight is 401 g/mol. The van der Waals surface area contributed by atoms with Gasteiger partial charge in [-0.3, -0.25) is 9.52 Å². The molecule has 0 fully saturated rings. The van der Waals surface area contributed by atoms with Gasteiger partial charge < -0.3 is 5.32 Å². The van der Waals surface area contributed by atoms with Crippen LogP contribution in [0.2, 0.25) is 5.02 Å². The van der Waals surface area contributed by atoms with Gasteiger partial charge in [-0.2, -0.15) is 0 Å². The van der Waals surface area contributed by atoms with E-state index >= 15 is 0 Å². The van der Waals surface area contributed by atoms with E-state index in [0.717, 1.165) is 5.56 Å². The first-order valence-electron chi connectivity index (χ1n) is 8.10. The number of carbonyl (C=O) groups excluding carboxylic acids is 1. The summed E-state index contributed by atoms with van der Waals surface area (Å²) in [5.74, 6) is -0.259. The van der Waals surface area contributed by atoms with E-state index in [4.69, 9.17) is 11.6 Å². The molecule has 0 aliphatic rings. The van der Waals surface area contributed by atoms with E-state index in [-0.39, 0.29) is 10.8 Å². The monoisotopic (exact) mass is 400 g/mol. The van der Waals surface area contributed by atoms with Gasteiger partial charge in [-0.05, 0) is 67.6 Å². The number of aryl methyl sites for hydroxylation is 1. The molecule has 2 N–H and O–H groups in total. The fourth-order valence-corrected chi connectivity index (χ4v) is 3.54. The molecule has 0 radical (unpaired) electrons. The highest BCUT2D eigenvalue weighted by Crippen LogP contribution is 2.20. The number of nitrogens with one attached hydrogen (secondary N) is 2. The summed E-state index contributed by atoms with van der Waals surface area (Å²) in [5.41, 5.74) is 2.51. The number of anilines is 2. The molecule has 0 heterocycles. The minimum absolute atomic E-state index is 0.0887. The molecule has 0 aromatic heterocycles. The van der Waals surface area contributed by atoms with Crippen LogP contribution >= 0.6 is 11.6 Å². The van der Waals surface area contributed by atoms with Crippen LogP contribution in [-0.2, 0) is 10.0 Å². The Morgan fingerprint density at radius 2 is 1.37 bits per heavy atom. The largest absolute Gasteiger partial charge is 0.322 e. The number of amides is 1. The zero-order chi connectivity index (χ0) is 19.4. The molecule has 0 bridgehead atoms. The zero-order valence-corrected chi connectivity index (χ0v) is 16.0. The lowest BCUT2D eigenvalue weighted by Gasteiger charge is -2.10. The second-order valence-electron chi connectivity index (χ2n) is 5.96. The van der Waals surface area contributed by atoms with Crippen LogP contribution in [0, 0.1) is 6.92 Å². The third-order valence-corrected chi connectivity index (χ3v) is 5.48. The Hall–Kier alpha value is -2.83. The molecule has 3 aromatic carbocycles. The maximum absolute atomic E-state index is 12.4. The van der Waals surface area contributed by atoms with Gasteiger partial charge in [0.1, 0.15) is 0 Å². The highest BCUT2D eigenvalue weighted by molar-refractivity contribution is 7.92. The molecular weight excluding hydrogens is 384 g/mol. The normalized spacial score (nSPS) is 11.0. The molecular formula is C20H17ClN2O3S. The SMILES string of the molecule is Cc1ccc(C(=O)Nc2ccc(S(=O)(=O)Nc3ccc(Cl)cc3)cc2)cc1. The van der Waals surface area contributed by atoms with Crippen molar-refractivity contribution < 1.29 is 13.2 Å². The van der Waals surface area contributed by atoms with Crippen molar-refractivity contribution in [3.8, 4) is 0 Å². The van der Waals surface area contributed by atoms with Crippen LogP contribution in [0.25, 0.3) is 0 Å². The Morgan fingerprint density at radius 3 is 1.96 bits per heavy atom. The van der Waals surface area contributed by atoms with Gasteiger partial charge in [0.15, 0.2) is 0 Å². The lowest BCUT2D eigenvalue weighted by atomic mass is 10.1. The fraction of sp³-hybridized carbons (Fsp3) is 0.0500. The molecule has 7 heteroatoms. The Bertz CT molecular complexity index is 1050. The standard InChI is InChI=1S/C20H17ClN2O3S/c1-14-2-4-15(5-3-14)20(24)22-17-10-12-19(13-11-17)27(25,26)23-18-8-6-16(21)7-9-18/h2-13,23H,1H3,(H,22,24). The lowest BCUT2D eigenvalue weighted by Crippen LogP contribution is -2.14. The Morgan fingerprint density at radius 1 is 0.815 bits per heavy atom. The maximum Gasteiger partial charge on any atom is 0.261 e. The summed E-state index contributed by atoms with van der Waals surface area (Å²) in [6.45, 7) is 1.94. The lowest BCUT2D eigenvalue weighted by molar-refractivity contribution is 0.102. The predicted molar refractivity (Wildman–Crippen MR) is 108 cm³/mol. The summed E-state index contributed by atoms with van der Waals surface area (Å²) >= 11 is 5.80. The molecule has 0 unspecified atom stereocenters. The second-order valence-corrected chi connectivity index (χ2v) is 8.08. The molecule has 3 rings (SSSR count). The topological polar surface area (TPSA) is 75.3 Å². The smallest absolute Gasteiger partial charge is 0.261 e. The summed E-state index contributed by atoms with van der Waals surface area (Å²) in [5, 5.41) is 3.26. The number of rotatable bonds is 5. The molecule has 27 heavy (non-hydrogen) atoms. The van der Waals surface area contributed by atoms with E-state index in [1.54, 1.807) is 48.5 Å². The second kappa shape index (κ2) is 7.82. The number of halogens is 1. The van der Waals surface area contributed by atoms with Gasteiger partial charge in [0.05, 0.1) is 4.90 Å². The first kappa shape index (κ1) is 18.9. The first-order chi connectivity index (χ1) is 12.8. The Balaban J connectivity index is 1.71. The van der Waals surface area contributed by atoms with E-state index in [2.05, 4.69) is 10.0 Å². The van der Waals surface area contributed by atoms with Crippen molar-refractivity contribution in [3.63, 3.8) is 0 Å². The molecule has 0 spiro atoms. The van der Waals surface area contributed by atoms with E-state index < -0.39 is 10.0 Å². The van der Waals surface area contributed by atoms with Gasteiger partial charge >= 0.3 is 0 Å². The van der Waals surface area contributed by atoms with Crippen molar-refractivity contribution in [2.24, 2.45) is 0 Å². The summed E-state index contributed by atoms with van der Waals surface area (Å²) in [4.78, 5) is 12.3. The van der Waals surface area contributed by atoms with Crippen molar-refractivity contribution in [1.29, 1.82) is 0 Å². The van der Waals surface area contributed by atoms with Gasteiger partial charge in [0.25, 0.3) is 15.9 Å². The van der Waals surface area contributed by atoms with Gasteiger partial charge in [-0.15, -0.1) is 0 Å². The number of hydrogen-bond donors (Lipinski definition) is 2. The molecule has 3 aromatic rings. The molecule has 0 aliphatic carbocycles. The van der Waals surface area contributed by atoms with Crippen molar-refractivity contribution >= 4 is 38.9 Å². The summed E-state index contributed by atoms with van der Waals surface area (Å²) in [6.07, 6.45) is 0. The Labute approximate surface area is 163 Å². The predicted octanol–water partition coefficient (Wildman–Crippen LogP) is 4.70. The molecule has 138 valence electrons. The van der Waals surface area contributed by atoms with Crippen LogP contribution in [-0.4, -0.2) is 14.3 Å². The number of sulfonamides is 1. The van der Waals surface area contributed by atoms with Gasteiger partial charge in [0, 0.05) is 22.0 Å². The van der Waals surface area contributed by atoms with E-state index in [9.17, 15) is 13.2 Å². The third kappa shape index (κ3) is 4.87. The Kier molecular flexibility index (Phi) is 5.48. The van der Waals surface area contributed by atoms with Crippen LogP contribution in [0.1, 0.15) is 15.9 Å². The average Bonchev–Trinajstić information content (AvgIpc) is 2.64. The number of benzene rings is 3. The van der Waals surface area contributed by atoms with Crippen molar-refractivity contribution in [3.05, 3.63) is 88.9 Å². The third-order valence-electron chi connectivity index (χ3n) is 3.83. The van der Waals surface area contributed by atoms with Crippen molar-refractivity contribution in [2.45, 2.75) is 11.8 Å². The highest BCUT2D eigenvalue weighted by Gasteiger charge is 2.14.